The SMILES string of the molecule is COC(C)(C)C(=O)Nc1ccc(C/C(N)=N/O)cc1. The van der Waals surface area contributed by atoms with Crippen molar-refractivity contribution >= 4 is 17.4 Å². The van der Waals surface area contributed by atoms with E-state index in [0.717, 1.165) is 5.56 Å². The summed E-state index contributed by atoms with van der Waals surface area (Å²) >= 11 is 0. The molecule has 0 fully saturated rings. The predicted molar refractivity (Wildman–Crippen MR) is 73.3 cm³/mol. The predicted octanol–water partition coefficient (Wildman–Crippen LogP) is 1.34. The molecule has 1 amide bonds. The number of carbonyl (C=O) groups excluding carboxylic acids is 1. The number of ether oxygens (including phenoxy) is 1. The molecule has 0 heterocycles. The minimum absolute atomic E-state index is 0.136. The maximum absolute atomic E-state index is 11.9. The molecule has 6 heteroatoms. The number of rotatable bonds is 5. The number of amides is 1. The molecule has 0 saturated heterocycles. The summed E-state index contributed by atoms with van der Waals surface area (Å²) in [4.78, 5) is 11.9. The second-order valence-corrected chi connectivity index (χ2v) is 4.63. The number of hydrogen-bond donors (Lipinski definition) is 3. The Morgan fingerprint density at radius 3 is 2.47 bits per heavy atom. The first-order chi connectivity index (χ1) is 8.89. The first-order valence-corrected chi connectivity index (χ1v) is 5.81. The molecule has 1 rings (SSSR count). The van der Waals surface area contributed by atoms with E-state index in [1.165, 1.54) is 7.11 Å². The lowest BCUT2D eigenvalue weighted by Crippen LogP contribution is -2.38. The lowest BCUT2D eigenvalue weighted by atomic mass is 10.1. The van der Waals surface area contributed by atoms with Gasteiger partial charge in [-0.3, -0.25) is 4.79 Å². The highest BCUT2D eigenvalue weighted by Gasteiger charge is 2.26. The standard InChI is InChI=1S/C13H19N3O3/c1-13(2,19-3)12(17)15-10-6-4-9(5-7-10)8-11(14)16-18/h4-7,18H,8H2,1-3H3,(H2,14,16)(H,15,17). The van der Waals surface area contributed by atoms with Crippen LogP contribution in [0.1, 0.15) is 19.4 Å². The summed E-state index contributed by atoms with van der Waals surface area (Å²) in [5, 5.41) is 14.1. The van der Waals surface area contributed by atoms with Crippen LogP contribution in [0.3, 0.4) is 0 Å². The molecule has 1 aromatic rings. The number of carbonyl (C=O) groups is 1. The zero-order chi connectivity index (χ0) is 14.5. The Morgan fingerprint density at radius 1 is 1.42 bits per heavy atom. The summed E-state index contributed by atoms with van der Waals surface area (Å²) < 4.78 is 5.09. The Kier molecular flexibility index (Phi) is 4.88. The third kappa shape index (κ3) is 4.26. The van der Waals surface area contributed by atoms with Crippen LogP contribution in [0.4, 0.5) is 5.69 Å². The summed E-state index contributed by atoms with van der Waals surface area (Å²) in [5.74, 6) is -0.0866. The number of nitrogens with zero attached hydrogens (tertiary/aromatic N) is 1. The Morgan fingerprint density at radius 2 is 2.00 bits per heavy atom. The van der Waals surface area contributed by atoms with Crippen LogP contribution in [0.25, 0.3) is 0 Å². The molecule has 0 aliphatic carbocycles. The van der Waals surface area contributed by atoms with Gasteiger partial charge in [-0.25, -0.2) is 0 Å². The van der Waals surface area contributed by atoms with Crippen molar-refractivity contribution in [2.24, 2.45) is 10.9 Å². The Labute approximate surface area is 112 Å². The summed E-state index contributed by atoms with van der Waals surface area (Å²) in [6.07, 6.45) is 0.355. The van der Waals surface area contributed by atoms with Gasteiger partial charge in [-0.2, -0.15) is 0 Å². The monoisotopic (exact) mass is 265 g/mol. The Balaban J connectivity index is 2.70. The van der Waals surface area contributed by atoms with Gasteiger partial charge in [0.2, 0.25) is 0 Å². The van der Waals surface area contributed by atoms with E-state index in [2.05, 4.69) is 10.5 Å². The van der Waals surface area contributed by atoms with E-state index in [0.29, 0.717) is 12.1 Å². The molecule has 0 atom stereocenters. The van der Waals surface area contributed by atoms with Crippen LogP contribution in [0.15, 0.2) is 29.4 Å². The van der Waals surface area contributed by atoms with Crippen molar-refractivity contribution in [2.45, 2.75) is 25.9 Å². The van der Waals surface area contributed by atoms with E-state index < -0.39 is 5.60 Å². The van der Waals surface area contributed by atoms with Gasteiger partial charge in [0.05, 0.1) is 0 Å². The lowest BCUT2D eigenvalue weighted by Gasteiger charge is -2.21. The number of oxime groups is 1. The molecule has 0 aliphatic heterocycles. The van der Waals surface area contributed by atoms with Crippen molar-refractivity contribution in [3.05, 3.63) is 29.8 Å². The summed E-state index contributed by atoms with van der Waals surface area (Å²) in [7, 11) is 1.49. The molecule has 0 unspecified atom stereocenters. The van der Waals surface area contributed by atoms with E-state index >= 15 is 0 Å². The normalized spacial score (nSPS) is 12.3. The molecule has 0 aromatic heterocycles. The third-order valence-electron chi connectivity index (χ3n) is 2.78. The molecule has 0 aliphatic rings. The van der Waals surface area contributed by atoms with Crippen LogP contribution < -0.4 is 11.1 Å². The third-order valence-corrected chi connectivity index (χ3v) is 2.78. The molecule has 0 bridgehead atoms. The highest BCUT2D eigenvalue weighted by atomic mass is 16.5. The maximum Gasteiger partial charge on any atom is 0.256 e. The van der Waals surface area contributed by atoms with Crippen molar-refractivity contribution < 1.29 is 14.7 Å². The van der Waals surface area contributed by atoms with E-state index in [9.17, 15) is 4.79 Å². The molecule has 0 saturated carbocycles. The highest BCUT2D eigenvalue weighted by Crippen LogP contribution is 2.14. The Hall–Kier alpha value is -2.08. The minimum Gasteiger partial charge on any atom is -0.409 e. The van der Waals surface area contributed by atoms with Crippen LogP contribution in [0.5, 0.6) is 0 Å². The molecule has 6 nitrogen and oxygen atoms in total. The second kappa shape index (κ2) is 6.19. The first-order valence-electron chi connectivity index (χ1n) is 5.81. The average Bonchev–Trinajstić information content (AvgIpc) is 2.40. The number of nitrogens with two attached hydrogens (primary N) is 1. The van der Waals surface area contributed by atoms with Gasteiger partial charge in [-0.05, 0) is 31.5 Å². The summed E-state index contributed by atoms with van der Waals surface area (Å²) in [5.41, 5.74) is 6.08. The molecule has 1 aromatic carbocycles. The molecular weight excluding hydrogens is 246 g/mol. The fourth-order valence-electron chi connectivity index (χ4n) is 1.32. The van der Waals surface area contributed by atoms with Crippen LogP contribution in [0.2, 0.25) is 0 Å². The van der Waals surface area contributed by atoms with Crippen LogP contribution >= 0.6 is 0 Å². The number of benzene rings is 1. The van der Waals surface area contributed by atoms with Crippen molar-refractivity contribution in [2.75, 3.05) is 12.4 Å². The number of methoxy groups -OCH3 is 1. The number of anilines is 1. The number of amidine groups is 1. The van der Waals surface area contributed by atoms with Crippen LogP contribution in [-0.2, 0) is 16.0 Å². The van der Waals surface area contributed by atoms with Gasteiger partial charge in [-0.15, -0.1) is 0 Å². The molecule has 0 radical (unpaired) electrons. The fourth-order valence-corrected chi connectivity index (χ4v) is 1.32. The highest BCUT2D eigenvalue weighted by molar-refractivity contribution is 5.96. The molecule has 104 valence electrons. The molecule has 4 N–H and O–H groups in total. The summed E-state index contributed by atoms with van der Waals surface area (Å²) in [6.45, 7) is 3.38. The maximum atomic E-state index is 11.9. The largest absolute Gasteiger partial charge is 0.409 e. The fraction of sp³-hybridized carbons (Fsp3) is 0.385. The Bertz CT molecular complexity index is 467. The smallest absolute Gasteiger partial charge is 0.256 e. The van der Waals surface area contributed by atoms with Gasteiger partial charge in [0.15, 0.2) is 0 Å². The van der Waals surface area contributed by atoms with Gasteiger partial charge in [-0.1, -0.05) is 17.3 Å². The molecule has 19 heavy (non-hydrogen) atoms. The first kappa shape index (κ1) is 15.0. The van der Waals surface area contributed by atoms with Crippen molar-refractivity contribution in [1.82, 2.24) is 0 Å². The minimum atomic E-state index is -0.882. The van der Waals surface area contributed by atoms with Gasteiger partial charge in [0.1, 0.15) is 11.4 Å². The zero-order valence-electron chi connectivity index (χ0n) is 11.3. The second-order valence-electron chi connectivity index (χ2n) is 4.63. The lowest BCUT2D eigenvalue weighted by molar-refractivity contribution is -0.133. The number of hydrogen-bond acceptors (Lipinski definition) is 4. The van der Waals surface area contributed by atoms with Gasteiger partial charge >= 0.3 is 0 Å². The number of nitrogens with one attached hydrogen (secondary N) is 1. The average molecular weight is 265 g/mol. The van der Waals surface area contributed by atoms with E-state index in [4.69, 9.17) is 15.7 Å². The van der Waals surface area contributed by atoms with E-state index in [-0.39, 0.29) is 11.7 Å². The zero-order valence-corrected chi connectivity index (χ0v) is 11.3. The van der Waals surface area contributed by atoms with Gasteiger partial charge in [0.25, 0.3) is 5.91 Å². The van der Waals surface area contributed by atoms with E-state index in [1.54, 1.807) is 38.1 Å². The van der Waals surface area contributed by atoms with Crippen LogP contribution in [-0.4, -0.2) is 29.7 Å². The molecular formula is C13H19N3O3. The van der Waals surface area contributed by atoms with Crippen molar-refractivity contribution in [3.63, 3.8) is 0 Å². The topological polar surface area (TPSA) is 96.9 Å². The summed E-state index contributed by atoms with van der Waals surface area (Å²) in [6, 6.07) is 7.11. The van der Waals surface area contributed by atoms with Crippen molar-refractivity contribution in [1.29, 1.82) is 0 Å². The van der Waals surface area contributed by atoms with Crippen molar-refractivity contribution in [3.8, 4) is 0 Å². The van der Waals surface area contributed by atoms with Gasteiger partial charge < -0.3 is 21.0 Å². The van der Waals surface area contributed by atoms with Crippen LogP contribution in [0, 0.1) is 0 Å². The quantitative estimate of drug-likeness (QED) is 0.324. The van der Waals surface area contributed by atoms with Gasteiger partial charge in [0, 0.05) is 19.2 Å². The van der Waals surface area contributed by atoms with E-state index in [1.807, 2.05) is 0 Å². The molecule has 0 spiro atoms.